The summed E-state index contributed by atoms with van der Waals surface area (Å²) in [5, 5.41) is 9.52. The van der Waals surface area contributed by atoms with Crippen molar-refractivity contribution in [3.05, 3.63) is 76.9 Å². The van der Waals surface area contributed by atoms with Crippen molar-refractivity contribution in [2.75, 3.05) is 6.79 Å². The highest BCUT2D eigenvalue weighted by molar-refractivity contribution is 7.90. The molecule has 0 aromatic heterocycles. The molecule has 1 amide bonds. The SMILES string of the molecule is CCCc1cc(CO)ccc1Oc1c(CC(=O)NS(=O)(=O)c2ccc(C(C)C)cc2)ccc2c1OCO2. The molecule has 196 valence electrons. The Morgan fingerprint density at radius 2 is 1.81 bits per heavy atom. The highest BCUT2D eigenvalue weighted by Gasteiger charge is 2.26. The number of hydrogen-bond donors (Lipinski definition) is 2. The van der Waals surface area contributed by atoms with E-state index in [-0.39, 0.29) is 36.4 Å². The third kappa shape index (κ3) is 6.06. The quantitative estimate of drug-likeness (QED) is 0.390. The van der Waals surface area contributed by atoms with Crippen LogP contribution in [-0.2, 0) is 34.3 Å². The third-order valence-corrected chi connectivity index (χ3v) is 7.46. The van der Waals surface area contributed by atoms with Crippen LogP contribution < -0.4 is 18.9 Å². The second-order valence-corrected chi connectivity index (χ2v) is 10.9. The molecule has 3 aromatic carbocycles. The molecule has 1 aliphatic rings. The number of benzene rings is 3. The summed E-state index contributed by atoms with van der Waals surface area (Å²) in [6.07, 6.45) is 1.33. The van der Waals surface area contributed by atoms with Crippen LogP contribution >= 0.6 is 0 Å². The normalized spacial score (nSPS) is 12.6. The number of amides is 1. The molecule has 0 spiro atoms. The molecule has 0 unspecified atom stereocenters. The van der Waals surface area contributed by atoms with Crippen LogP contribution in [-0.4, -0.2) is 26.2 Å². The van der Waals surface area contributed by atoms with Gasteiger partial charge >= 0.3 is 0 Å². The lowest BCUT2D eigenvalue weighted by atomic mass is 10.0. The first kappa shape index (κ1) is 26.5. The van der Waals surface area contributed by atoms with E-state index in [0.29, 0.717) is 22.8 Å². The molecular weight excluding hydrogens is 494 g/mol. The molecule has 0 fully saturated rings. The van der Waals surface area contributed by atoms with Gasteiger partial charge in [-0.05, 0) is 59.4 Å². The second kappa shape index (κ2) is 11.2. The van der Waals surface area contributed by atoms with Gasteiger partial charge < -0.3 is 19.3 Å². The van der Waals surface area contributed by atoms with Crippen LogP contribution in [0.1, 0.15) is 55.4 Å². The van der Waals surface area contributed by atoms with Crippen molar-refractivity contribution < 1.29 is 32.5 Å². The summed E-state index contributed by atoms with van der Waals surface area (Å²) in [5.74, 6) is 1.22. The van der Waals surface area contributed by atoms with Gasteiger partial charge in [0.2, 0.25) is 18.4 Å². The van der Waals surface area contributed by atoms with Crippen LogP contribution in [0.3, 0.4) is 0 Å². The molecule has 0 atom stereocenters. The predicted molar refractivity (Wildman–Crippen MR) is 139 cm³/mol. The first-order valence-electron chi connectivity index (χ1n) is 12.2. The van der Waals surface area contributed by atoms with E-state index in [4.69, 9.17) is 14.2 Å². The fourth-order valence-corrected chi connectivity index (χ4v) is 5.08. The van der Waals surface area contributed by atoms with E-state index in [1.807, 2.05) is 26.8 Å². The number of hydrogen-bond acceptors (Lipinski definition) is 7. The molecule has 4 rings (SSSR count). The van der Waals surface area contributed by atoms with Crippen molar-refractivity contribution in [1.29, 1.82) is 0 Å². The van der Waals surface area contributed by atoms with Crippen molar-refractivity contribution in [2.45, 2.75) is 57.5 Å². The van der Waals surface area contributed by atoms with E-state index in [1.165, 1.54) is 12.1 Å². The van der Waals surface area contributed by atoms with Crippen molar-refractivity contribution >= 4 is 15.9 Å². The van der Waals surface area contributed by atoms with E-state index >= 15 is 0 Å². The second-order valence-electron chi connectivity index (χ2n) is 9.17. The number of ether oxygens (including phenoxy) is 3. The molecule has 0 bridgehead atoms. The van der Waals surface area contributed by atoms with Gasteiger partial charge in [0.25, 0.3) is 10.0 Å². The first-order valence-corrected chi connectivity index (χ1v) is 13.7. The van der Waals surface area contributed by atoms with E-state index in [2.05, 4.69) is 4.72 Å². The fraction of sp³-hybridized carbons (Fsp3) is 0.321. The molecular formula is C28H31NO7S. The van der Waals surface area contributed by atoms with Crippen molar-refractivity contribution in [1.82, 2.24) is 4.72 Å². The Balaban J connectivity index is 1.60. The lowest BCUT2D eigenvalue weighted by Gasteiger charge is -2.17. The van der Waals surface area contributed by atoms with E-state index in [9.17, 15) is 18.3 Å². The smallest absolute Gasteiger partial charge is 0.264 e. The zero-order valence-corrected chi connectivity index (χ0v) is 21.9. The van der Waals surface area contributed by atoms with Crippen molar-refractivity contribution in [3.63, 3.8) is 0 Å². The van der Waals surface area contributed by atoms with Crippen LogP contribution in [0.15, 0.2) is 59.5 Å². The van der Waals surface area contributed by atoms with Gasteiger partial charge in [-0.25, -0.2) is 13.1 Å². The van der Waals surface area contributed by atoms with Gasteiger partial charge in [-0.1, -0.05) is 51.5 Å². The molecule has 3 aromatic rings. The molecule has 1 heterocycles. The standard InChI is InChI=1S/C28H31NO7S/c1-4-5-21-14-19(16-30)6-12-24(21)36-27-22(9-13-25-28(27)35-17-34-25)15-26(31)29-37(32,33)23-10-7-20(8-11-23)18(2)3/h6-14,18,30H,4-5,15-17H2,1-3H3,(H,29,31). The molecule has 0 aliphatic carbocycles. The van der Waals surface area contributed by atoms with Gasteiger partial charge in [0.1, 0.15) is 5.75 Å². The van der Waals surface area contributed by atoms with Gasteiger partial charge in [0.05, 0.1) is 17.9 Å². The number of carbonyl (C=O) groups is 1. The molecule has 0 saturated carbocycles. The number of sulfonamides is 1. The minimum atomic E-state index is -4.05. The Hall–Kier alpha value is -3.56. The first-order chi connectivity index (χ1) is 17.7. The molecule has 37 heavy (non-hydrogen) atoms. The Morgan fingerprint density at radius 3 is 2.49 bits per heavy atom. The fourth-order valence-electron chi connectivity index (χ4n) is 4.09. The van der Waals surface area contributed by atoms with Crippen LogP contribution in [0.25, 0.3) is 0 Å². The summed E-state index contributed by atoms with van der Waals surface area (Å²) in [7, 11) is -4.05. The minimum Gasteiger partial charge on any atom is -0.453 e. The highest BCUT2D eigenvalue weighted by atomic mass is 32.2. The Kier molecular flexibility index (Phi) is 8.04. The van der Waals surface area contributed by atoms with Gasteiger partial charge in [-0.2, -0.15) is 0 Å². The van der Waals surface area contributed by atoms with Crippen LogP contribution in [0.5, 0.6) is 23.0 Å². The molecule has 9 heteroatoms. The monoisotopic (exact) mass is 525 g/mol. The zero-order chi connectivity index (χ0) is 26.6. The van der Waals surface area contributed by atoms with Crippen LogP contribution in [0.4, 0.5) is 0 Å². The van der Waals surface area contributed by atoms with Crippen molar-refractivity contribution in [3.8, 4) is 23.0 Å². The molecule has 0 saturated heterocycles. The molecule has 1 aliphatic heterocycles. The summed E-state index contributed by atoms with van der Waals surface area (Å²) < 4.78 is 45.2. The summed E-state index contributed by atoms with van der Waals surface area (Å²) in [6.45, 7) is 5.99. The third-order valence-electron chi connectivity index (χ3n) is 6.07. The number of fused-ring (bicyclic) bond motifs is 1. The number of aryl methyl sites for hydroxylation is 1. The summed E-state index contributed by atoms with van der Waals surface area (Å²) >= 11 is 0. The summed E-state index contributed by atoms with van der Waals surface area (Å²) in [5.41, 5.74) is 3.11. The van der Waals surface area contributed by atoms with Crippen LogP contribution in [0.2, 0.25) is 0 Å². The average molecular weight is 526 g/mol. The van der Waals surface area contributed by atoms with E-state index in [1.54, 1.807) is 36.4 Å². The topological polar surface area (TPSA) is 111 Å². The zero-order valence-electron chi connectivity index (χ0n) is 21.1. The Bertz CT molecular complexity index is 1380. The lowest BCUT2D eigenvalue weighted by Crippen LogP contribution is -2.31. The Morgan fingerprint density at radius 1 is 1.05 bits per heavy atom. The maximum atomic E-state index is 12.9. The number of carbonyl (C=O) groups excluding carboxylic acids is 1. The molecule has 0 radical (unpaired) electrons. The van der Waals surface area contributed by atoms with Gasteiger partial charge in [0, 0.05) is 5.56 Å². The number of aliphatic hydroxyl groups is 1. The van der Waals surface area contributed by atoms with E-state index in [0.717, 1.165) is 29.5 Å². The molecule has 2 N–H and O–H groups in total. The molecule has 8 nitrogen and oxygen atoms in total. The van der Waals surface area contributed by atoms with Gasteiger partial charge in [-0.3, -0.25) is 4.79 Å². The van der Waals surface area contributed by atoms with Gasteiger partial charge in [-0.15, -0.1) is 0 Å². The maximum absolute atomic E-state index is 12.9. The largest absolute Gasteiger partial charge is 0.453 e. The average Bonchev–Trinajstić information content (AvgIpc) is 3.35. The number of rotatable bonds is 10. The lowest BCUT2D eigenvalue weighted by molar-refractivity contribution is -0.118. The highest BCUT2D eigenvalue weighted by Crippen LogP contribution is 2.46. The predicted octanol–water partition coefficient (Wildman–Crippen LogP) is 4.82. The van der Waals surface area contributed by atoms with E-state index < -0.39 is 15.9 Å². The number of aliphatic hydroxyl groups excluding tert-OH is 1. The Labute approximate surface area is 217 Å². The maximum Gasteiger partial charge on any atom is 0.264 e. The van der Waals surface area contributed by atoms with Crippen molar-refractivity contribution in [2.24, 2.45) is 0 Å². The summed E-state index contributed by atoms with van der Waals surface area (Å²) in [6, 6.07) is 15.2. The van der Waals surface area contributed by atoms with Gasteiger partial charge in [0.15, 0.2) is 11.5 Å². The summed E-state index contributed by atoms with van der Waals surface area (Å²) in [4.78, 5) is 12.9. The minimum absolute atomic E-state index is 0.00730. The number of nitrogens with one attached hydrogen (secondary N) is 1. The van der Waals surface area contributed by atoms with Crippen LogP contribution in [0, 0.1) is 0 Å².